The summed E-state index contributed by atoms with van der Waals surface area (Å²) in [6.07, 6.45) is 1.40. The van der Waals surface area contributed by atoms with Crippen molar-refractivity contribution in [2.45, 2.75) is 6.54 Å². The molecule has 0 spiro atoms. The highest BCUT2D eigenvalue weighted by molar-refractivity contribution is 14.1. The molecule has 6 heteroatoms. The summed E-state index contributed by atoms with van der Waals surface area (Å²) in [5, 5.41) is 3.28. The van der Waals surface area contributed by atoms with Crippen LogP contribution in [0.4, 0.5) is 5.69 Å². The molecule has 0 saturated carbocycles. The number of rotatable bonds is 3. The maximum Gasteiger partial charge on any atom is 0.261 e. The fraction of sp³-hybridized carbons (Fsp3) is 0.0625. The maximum absolute atomic E-state index is 12.3. The average Bonchev–Trinajstić information content (AvgIpc) is 2.50. The van der Waals surface area contributed by atoms with Gasteiger partial charge in [-0.1, -0.05) is 18.2 Å². The van der Waals surface area contributed by atoms with Crippen LogP contribution in [-0.4, -0.2) is 15.5 Å². The predicted molar refractivity (Wildman–Crippen MR) is 93.8 cm³/mol. The predicted octanol–water partition coefficient (Wildman–Crippen LogP) is 2.64. The van der Waals surface area contributed by atoms with E-state index in [0.29, 0.717) is 16.6 Å². The topological polar surface area (TPSA) is 64.0 Å². The van der Waals surface area contributed by atoms with E-state index < -0.39 is 0 Å². The molecule has 5 nitrogen and oxygen atoms in total. The third-order valence-corrected chi connectivity index (χ3v) is 3.82. The molecule has 0 fully saturated rings. The number of halogens is 1. The first-order chi connectivity index (χ1) is 10.6. The van der Waals surface area contributed by atoms with Crippen molar-refractivity contribution in [3.05, 3.63) is 68.8 Å². The molecule has 2 aromatic carbocycles. The number of hydrogen-bond acceptors (Lipinski definition) is 3. The van der Waals surface area contributed by atoms with Crippen molar-refractivity contribution >= 4 is 45.1 Å². The zero-order valence-electron chi connectivity index (χ0n) is 11.5. The number of carbonyl (C=O) groups excluding carboxylic acids is 1. The normalized spacial score (nSPS) is 10.6. The van der Waals surface area contributed by atoms with Gasteiger partial charge in [-0.25, -0.2) is 4.98 Å². The van der Waals surface area contributed by atoms with Gasteiger partial charge >= 0.3 is 0 Å². The number of para-hydroxylation sites is 1. The van der Waals surface area contributed by atoms with E-state index >= 15 is 0 Å². The molecule has 0 saturated heterocycles. The molecule has 0 aliphatic heterocycles. The van der Waals surface area contributed by atoms with Crippen LogP contribution in [0.5, 0.6) is 0 Å². The molecule has 1 amide bonds. The minimum atomic E-state index is -0.263. The van der Waals surface area contributed by atoms with Gasteiger partial charge in [-0.3, -0.25) is 14.2 Å². The lowest BCUT2D eigenvalue weighted by molar-refractivity contribution is -0.116. The van der Waals surface area contributed by atoms with Crippen molar-refractivity contribution in [2.24, 2.45) is 0 Å². The lowest BCUT2D eigenvalue weighted by Gasteiger charge is -2.08. The Labute approximate surface area is 140 Å². The molecule has 0 radical (unpaired) electrons. The van der Waals surface area contributed by atoms with Crippen molar-refractivity contribution in [2.75, 3.05) is 5.32 Å². The molecule has 1 heterocycles. The van der Waals surface area contributed by atoms with E-state index in [2.05, 4.69) is 32.9 Å². The van der Waals surface area contributed by atoms with Crippen molar-refractivity contribution in [3.8, 4) is 0 Å². The third-order valence-electron chi connectivity index (χ3n) is 3.15. The van der Waals surface area contributed by atoms with Crippen LogP contribution in [0.25, 0.3) is 10.9 Å². The van der Waals surface area contributed by atoms with Crippen molar-refractivity contribution in [1.29, 1.82) is 0 Å². The fourth-order valence-corrected chi connectivity index (χ4v) is 2.68. The van der Waals surface area contributed by atoms with Crippen LogP contribution >= 0.6 is 22.6 Å². The van der Waals surface area contributed by atoms with Crippen molar-refractivity contribution in [1.82, 2.24) is 9.55 Å². The van der Waals surface area contributed by atoms with Crippen LogP contribution in [0.2, 0.25) is 0 Å². The summed E-state index contributed by atoms with van der Waals surface area (Å²) >= 11 is 2.17. The van der Waals surface area contributed by atoms with Gasteiger partial charge < -0.3 is 5.32 Å². The van der Waals surface area contributed by atoms with E-state index in [1.54, 1.807) is 18.2 Å². The van der Waals surface area contributed by atoms with Gasteiger partial charge in [0.25, 0.3) is 5.56 Å². The minimum Gasteiger partial charge on any atom is -0.325 e. The fourth-order valence-electron chi connectivity index (χ4n) is 2.14. The van der Waals surface area contributed by atoms with Gasteiger partial charge in [0.1, 0.15) is 6.54 Å². The number of aromatic nitrogens is 2. The molecule has 0 aliphatic rings. The molecule has 1 N–H and O–H groups in total. The van der Waals surface area contributed by atoms with E-state index in [-0.39, 0.29) is 18.0 Å². The molecule has 3 rings (SSSR count). The van der Waals surface area contributed by atoms with Gasteiger partial charge in [0, 0.05) is 9.26 Å². The van der Waals surface area contributed by atoms with Gasteiger partial charge in [0.15, 0.2) is 0 Å². The summed E-state index contributed by atoms with van der Waals surface area (Å²) in [5.74, 6) is -0.263. The monoisotopic (exact) mass is 405 g/mol. The molecule has 0 unspecified atom stereocenters. The highest BCUT2D eigenvalue weighted by atomic mass is 127. The Morgan fingerprint density at radius 1 is 1.18 bits per heavy atom. The summed E-state index contributed by atoms with van der Waals surface area (Å²) in [7, 11) is 0. The van der Waals surface area contributed by atoms with Crippen LogP contribution in [-0.2, 0) is 11.3 Å². The summed E-state index contributed by atoms with van der Waals surface area (Å²) in [6, 6.07) is 14.5. The second-order valence-electron chi connectivity index (χ2n) is 4.75. The molecule has 0 atom stereocenters. The quantitative estimate of drug-likeness (QED) is 0.682. The Bertz CT molecular complexity index is 905. The van der Waals surface area contributed by atoms with Crippen molar-refractivity contribution < 1.29 is 4.79 Å². The summed E-state index contributed by atoms with van der Waals surface area (Å²) in [6.45, 7) is -0.0673. The number of carbonyl (C=O) groups is 1. The summed E-state index contributed by atoms with van der Waals surface area (Å²) in [5.41, 5.74) is 1.11. The van der Waals surface area contributed by atoms with Gasteiger partial charge in [-0.2, -0.15) is 0 Å². The molecule has 0 bridgehead atoms. The Morgan fingerprint density at radius 3 is 2.82 bits per heavy atom. The van der Waals surface area contributed by atoms with E-state index in [1.807, 2.05) is 30.3 Å². The molecular weight excluding hydrogens is 393 g/mol. The zero-order chi connectivity index (χ0) is 15.5. The molecule has 1 aromatic heterocycles. The number of fused-ring (bicyclic) bond motifs is 1. The molecule has 3 aromatic rings. The number of hydrogen-bond donors (Lipinski definition) is 1. The number of nitrogens with zero attached hydrogens (tertiary/aromatic N) is 2. The largest absolute Gasteiger partial charge is 0.325 e. The second kappa shape index (κ2) is 6.27. The highest BCUT2D eigenvalue weighted by Gasteiger charge is 2.08. The Hall–Kier alpha value is -2.22. The van der Waals surface area contributed by atoms with E-state index in [1.165, 1.54) is 10.9 Å². The van der Waals surface area contributed by atoms with Crippen LogP contribution in [0.3, 0.4) is 0 Å². The lowest BCUT2D eigenvalue weighted by Crippen LogP contribution is -2.27. The second-order valence-corrected chi connectivity index (χ2v) is 6.00. The lowest BCUT2D eigenvalue weighted by atomic mass is 10.2. The summed E-state index contributed by atoms with van der Waals surface area (Å²) in [4.78, 5) is 28.6. The number of anilines is 1. The van der Waals surface area contributed by atoms with Crippen LogP contribution in [0.15, 0.2) is 59.7 Å². The molecule has 0 aliphatic carbocycles. The average molecular weight is 405 g/mol. The van der Waals surface area contributed by atoms with Gasteiger partial charge in [-0.15, -0.1) is 0 Å². The first kappa shape index (κ1) is 14.7. The SMILES string of the molecule is O=C(Cn1cnc2ccccc2c1=O)Nc1cccc(I)c1. The van der Waals surface area contributed by atoms with Gasteiger partial charge in [0.2, 0.25) is 5.91 Å². The number of nitrogens with one attached hydrogen (secondary N) is 1. The molecule has 110 valence electrons. The van der Waals surface area contributed by atoms with Crippen LogP contribution in [0, 0.1) is 3.57 Å². The van der Waals surface area contributed by atoms with Crippen LogP contribution in [0.1, 0.15) is 0 Å². The summed E-state index contributed by atoms with van der Waals surface area (Å²) < 4.78 is 2.34. The van der Waals surface area contributed by atoms with Gasteiger partial charge in [0.05, 0.1) is 17.2 Å². The Balaban J connectivity index is 1.82. The minimum absolute atomic E-state index is 0.0673. The highest BCUT2D eigenvalue weighted by Crippen LogP contribution is 2.12. The molecular formula is C16H12IN3O2. The number of amides is 1. The van der Waals surface area contributed by atoms with Gasteiger partial charge in [-0.05, 0) is 52.9 Å². The third kappa shape index (κ3) is 3.16. The smallest absolute Gasteiger partial charge is 0.261 e. The zero-order valence-corrected chi connectivity index (χ0v) is 13.6. The number of benzene rings is 2. The maximum atomic E-state index is 12.3. The Kier molecular flexibility index (Phi) is 4.19. The first-order valence-corrected chi connectivity index (χ1v) is 7.71. The van der Waals surface area contributed by atoms with E-state index in [0.717, 1.165) is 3.57 Å². The molecule has 22 heavy (non-hydrogen) atoms. The first-order valence-electron chi connectivity index (χ1n) is 6.63. The van der Waals surface area contributed by atoms with E-state index in [9.17, 15) is 9.59 Å². The standard InChI is InChI=1S/C16H12IN3O2/c17-11-4-3-5-12(8-11)19-15(21)9-20-10-18-14-7-2-1-6-13(14)16(20)22/h1-8,10H,9H2,(H,19,21). The Morgan fingerprint density at radius 2 is 2.00 bits per heavy atom. The van der Waals surface area contributed by atoms with Crippen molar-refractivity contribution in [3.63, 3.8) is 0 Å². The van der Waals surface area contributed by atoms with E-state index in [4.69, 9.17) is 0 Å². The van der Waals surface area contributed by atoms with Crippen LogP contribution < -0.4 is 10.9 Å².